The van der Waals surface area contributed by atoms with Crippen molar-refractivity contribution in [2.75, 3.05) is 12.4 Å². The Bertz CT molecular complexity index is 453. The van der Waals surface area contributed by atoms with E-state index in [0.717, 1.165) is 11.4 Å². The van der Waals surface area contributed by atoms with E-state index in [-0.39, 0.29) is 5.82 Å². The van der Waals surface area contributed by atoms with Gasteiger partial charge in [-0.2, -0.15) is 0 Å². The van der Waals surface area contributed by atoms with Gasteiger partial charge in [-0.1, -0.05) is 0 Å². The van der Waals surface area contributed by atoms with Crippen molar-refractivity contribution in [2.45, 2.75) is 0 Å². The van der Waals surface area contributed by atoms with Crippen molar-refractivity contribution < 1.29 is 9.13 Å². The molecule has 1 N–H and O–H groups in total. The van der Waals surface area contributed by atoms with Crippen LogP contribution in [-0.4, -0.2) is 12.1 Å². The molecule has 0 saturated heterocycles. The summed E-state index contributed by atoms with van der Waals surface area (Å²) >= 11 is 0. The van der Waals surface area contributed by atoms with E-state index in [1.165, 1.54) is 12.3 Å². The summed E-state index contributed by atoms with van der Waals surface area (Å²) in [5, 5.41) is 3.05. The van der Waals surface area contributed by atoms with Gasteiger partial charge in [0.1, 0.15) is 17.4 Å². The molecule has 0 aliphatic carbocycles. The highest BCUT2D eigenvalue weighted by molar-refractivity contribution is 5.56. The van der Waals surface area contributed by atoms with E-state index >= 15 is 0 Å². The number of nitrogens with zero attached hydrogens (tertiary/aromatic N) is 1. The fraction of sp³-hybridized carbons (Fsp3) is 0.0833. The third-order valence-corrected chi connectivity index (χ3v) is 2.09. The molecule has 1 heterocycles. The van der Waals surface area contributed by atoms with E-state index in [1.54, 1.807) is 13.2 Å². The number of aromatic nitrogens is 1. The van der Waals surface area contributed by atoms with Gasteiger partial charge in [-0.3, -0.25) is 0 Å². The molecule has 16 heavy (non-hydrogen) atoms. The fourth-order valence-electron chi connectivity index (χ4n) is 1.27. The molecule has 0 bridgehead atoms. The van der Waals surface area contributed by atoms with E-state index in [1.807, 2.05) is 24.3 Å². The maximum Gasteiger partial charge on any atom is 0.141 e. The first-order valence-electron chi connectivity index (χ1n) is 4.80. The Hall–Kier alpha value is -2.10. The molecule has 2 aromatic rings. The summed E-state index contributed by atoms with van der Waals surface area (Å²) in [6.45, 7) is 0. The summed E-state index contributed by atoms with van der Waals surface area (Å²) in [4.78, 5) is 3.90. The van der Waals surface area contributed by atoms with E-state index < -0.39 is 0 Å². The second-order valence-corrected chi connectivity index (χ2v) is 3.22. The van der Waals surface area contributed by atoms with Gasteiger partial charge in [-0.05, 0) is 36.4 Å². The lowest BCUT2D eigenvalue weighted by Gasteiger charge is -2.06. The Labute approximate surface area is 92.9 Å². The quantitative estimate of drug-likeness (QED) is 0.859. The highest BCUT2D eigenvalue weighted by atomic mass is 19.1. The molecule has 0 spiro atoms. The molecule has 0 radical (unpaired) electrons. The third kappa shape index (κ3) is 2.48. The molecule has 4 heteroatoms. The van der Waals surface area contributed by atoms with Crippen molar-refractivity contribution in [1.82, 2.24) is 4.98 Å². The molecule has 0 atom stereocenters. The number of hydrogen-bond acceptors (Lipinski definition) is 3. The topological polar surface area (TPSA) is 34.1 Å². The van der Waals surface area contributed by atoms with Crippen LogP contribution in [0.3, 0.4) is 0 Å². The Morgan fingerprint density at radius 1 is 1.12 bits per heavy atom. The van der Waals surface area contributed by atoms with E-state index in [9.17, 15) is 4.39 Å². The predicted octanol–water partition coefficient (Wildman–Crippen LogP) is 2.97. The van der Waals surface area contributed by atoms with Crippen molar-refractivity contribution >= 4 is 11.5 Å². The van der Waals surface area contributed by atoms with E-state index in [2.05, 4.69) is 10.3 Å². The fourth-order valence-corrected chi connectivity index (χ4v) is 1.27. The minimum atomic E-state index is -0.347. The molecule has 0 saturated carbocycles. The number of ether oxygens (including phenoxy) is 1. The van der Waals surface area contributed by atoms with Crippen molar-refractivity contribution in [3.8, 4) is 5.75 Å². The zero-order valence-corrected chi connectivity index (χ0v) is 8.77. The van der Waals surface area contributed by atoms with Gasteiger partial charge in [0.15, 0.2) is 0 Å². The molecular weight excluding hydrogens is 207 g/mol. The first-order valence-corrected chi connectivity index (χ1v) is 4.80. The standard InChI is InChI=1S/C12H11FN2O/c1-16-11-5-3-10(4-6-11)15-12-7-2-9(13)8-14-12/h2-8H,1H3,(H,14,15). The maximum absolute atomic E-state index is 12.6. The average molecular weight is 218 g/mol. The lowest BCUT2D eigenvalue weighted by atomic mass is 10.3. The van der Waals surface area contributed by atoms with Crippen LogP contribution in [0.1, 0.15) is 0 Å². The normalized spacial score (nSPS) is 9.88. The minimum absolute atomic E-state index is 0.347. The summed E-state index contributed by atoms with van der Waals surface area (Å²) in [6, 6.07) is 10.4. The van der Waals surface area contributed by atoms with Crippen LogP contribution < -0.4 is 10.1 Å². The summed E-state index contributed by atoms with van der Waals surface area (Å²) in [5.74, 6) is 1.05. The van der Waals surface area contributed by atoms with Gasteiger partial charge >= 0.3 is 0 Å². The van der Waals surface area contributed by atoms with Crippen molar-refractivity contribution in [3.63, 3.8) is 0 Å². The molecular formula is C12H11FN2O. The van der Waals surface area contributed by atoms with Crippen LogP contribution in [0.25, 0.3) is 0 Å². The number of hydrogen-bond donors (Lipinski definition) is 1. The van der Waals surface area contributed by atoms with Gasteiger partial charge in [-0.25, -0.2) is 9.37 Å². The van der Waals surface area contributed by atoms with Crippen molar-refractivity contribution in [3.05, 3.63) is 48.4 Å². The predicted molar refractivity (Wildman–Crippen MR) is 60.5 cm³/mol. The Morgan fingerprint density at radius 3 is 2.44 bits per heavy atom. The number of halogens is 1. The van der Waals surface area contributed by atoms with Crippen LogP contribution >= 0.6 is 0 Å². The lowest BCUT2D eigenvalue weighted by molar-refractivity contribution is 0.415. The third-order valence-electron chi connectivity index (χ3n) is 2.09. The zero-order chi connectivity index (χ0) is 11.4. The molecule has 0 fully saturated rings. The number of nitrogens with one attached hydrogen (secondary N) is 1. The molecule has 1 aromatic carbocycles. The monoisotopic (exact) mass is 218 g/mol. The first-order chi connectivity index (χ1) is 7.78. The van der Waals surface area contributed by atoms with Gasteiger partial charge in [0.05, 0.1) is 13.3 Å². The largest absolute Gasteiger partial charge is 0.497 e. The number of benzene rings is 1. The van der Waals surface area contributed by atoms with Gasteiger partial charge in [0, 0.05) is 5.69 Å². The van der Waals surface area contributed by atoms with Crippen LogP contribution in [0.2, 0.25) is 0 Å². The number of anilines is 2. The minimum Gasteiger partial charge on any atom is -0.497 e. The number of pyridine rings is 1. The van der Waals surface area contributed by atoms with Crippen molar-refractivity contribution in [1.29, 1.82) is 0 Å². The van der Waals surface area contributed by atoms with Gasteiger partial charge in [0.2, 0.25) is 0 Å². The van der Waals surface area contributed by atoms with E-state index in [4.69, 9.17) is 4.74 Å². The van der Waals surface area contributed by atoms with Crippen LogP contribution in [0, 0.1) is 5.82 Å². The van der Waals surface area contributed by atoms with Crippen LogP contribution in [0.15, 0.2) is 42.6 Å². The summed E-state index contributed by atoms with van der Waals surface area (Å²) in [5.41, 5.74) is 0.875. The smallest absolute Gasteiger partial charge is 0.141 e. The SMILES string of the molecule is COc1ccc(Nc2ccc(F)cn2)cc1. The van der Waals surface area contributed by atoms with Crippen LogP contribution in [0.4, 0.5) is 15.9 Å². The molecule has 1 aromatic heterocycles. The Balaban J connectivity index is 2.11. The Morgan fingerprint density at radius 2 is 1.88 bits per heavy atom. The number of methoxy groups -OCH3 is 1. The maximum atomic E-state index is 12.6. The molecule has 2 rings (SSSR count). The molecule has 0 amide bonds. The zero-order valence-electron chi connectivity index (χ0n) is 8.77. The summed E-state index contributed by atoms with van der Waals surface area (Å²) in [7, 11) is 1.62. The van der Waals surface area contributed by atoms with Gasteiger partial charge in [0.25, 0.3) is 0 Å². The molecule has 0 aliphatic heterocycles. The molecule has 3 nitrogen and oxygen atoms in total. The lowest BCUT2D eigenvalue weighted by Crippen LogP contribution is -1.93. The summed E-state index contributed by atoms with van der Waals surface area (Å²) in [6.07, 6.45) is 1.17. The summed E-state index contributed by atoms with van der Waals surface area (Å²) < 4.78 is 17.7. The Kier molecular flexibility index (Phi) is 3.00. The number of rotatable bonds is 3. The first kappa shape index (κ1) is 10.4. The average Bonchev–Trinajstić information content (AvgIpc) is 2.33. The van der Waals surface area contributed by atoms with Crippen molar-refractivity contribution in [2.24, 2.45) is 0 Å². The highest BCUT2D eigenvalue weighted by Crippen LogP contribution is 2.18. The molecule has 82 valence electrons. The van der Waals surface area contributed by atoms with Gasteiger partial charge in [-0.15, -0.1) is 0 Å². The second kappa shape index (κ2) is 4.61. The second-order valence-electron chi connectivity index (χ2n) is 3.22. The van der Waals surface area contributed by atoms with Crippen LogP contribution in [-0.2, 0) is 0 Å². The highest BCUT2D eigenvalue weighted by Gasteiger charge is 1.97. The van der Waals surface area contributed by atoms with Gasteiger partial charge < -0.3 is 10.1 Å². The van der Waals surface area contributed by atoms with Crippen LogP contribution in [0.5, 0.6) is 5.75 Å². The molecule has 0 aliphatic rings. The molecule has 0 unspecified atom stereocenters. The van der Waals surface area contributed by atoms with E-state index in [0.29, 0.717) is 5.82 Å².